The molecule has 0 bridgehead atoms. The molecule has 0 atom stereocenters. The van der Waals surface area contributed by atoms with Gasteiger partial charge in [-0.05, 0) is 75.6 Å². The van der Waals surface area contributed by atoms with Crippen molar-refractivity contribution in [2.75, 3.05) is 37.4 Å². The van der Waals surface area contributed by atoms with Crippen LogP contribution >= 0.6 is 0 Å². The lowest BCUT2D eigenvalue weighted by Gasteiger charge is -2.35. The summed E-state index contributed by atoms with van der Waals surface area (Å²) in [5, 5.41) is 0. The molecule has 8 heteroatoms. The van der Waals surface area contributed by atoms with Gasteiger partial charge in [0.2, 0.25) is 0 Å². The normalized spacial score (nSPS) is 14.9. The second-order valence-electron chi connectivity index (χ2n) is 9.40. The van der Waals surface area contributed by atoms with E-state index in [2.05, 4.69) is 47.5 Å². The maximum atomic E-state index is 13.1. The first-order chi connectivity index (χ1) is 17.7. The van der Waals surface area contributed by atoms with E-state index in [1.807, 2.05) is 17.9 Å². The molecule has 0 spiro atoms. The van der Waals surface area contributed by atoms with Gasteiger partial charge in [0.05, 0.1) is 5.69 Å². The molecule has 0 radical (unpaired) electrons. The number of para-hydroxylation sites is 1. The number of nitrogens with one attached hydrogen (secondary N) is 1. The molecule has 2 aromatic rings. The molecular weight excluding hydrogens is 484 g/mol. The minimum absolute atomic E-state index is 0.0411. The summed E-state index contributed by atoms with van der Waals surface area (Å²) < 4.78 is 28.7. The number of sulfonamides is 1. The number of hydrogen-bond donors (Lipinski definition) is 1. The second kappa shape index (κ2) is 12.8. The van der Waals surface area contributed by atoms with Gasteiger partial charge < -0.3 is 4.90 Å². The number of anilines is 1. The van der Waals surface area contributed by atoms with E-state index < -0.39 is 10.0 Å². The number of rotatable bonds is 9. The lowest BCUT2D eigenvalue weighted by molar-refractivity contribution is 0.0648. The van der Waals surface area contributed by atoms with Crippen LogP contribution in [0, 0.1) is 6.92 Å². The number of carbonyl (C=O) groups is 1. The third kappa shape index (κ3) is 7.40. The maximum Gasteiger partial charge on any atom is 0.264 e. The molecule has 0 aliphatic carbocycles. The van der Waals surface area contributed by atoms with Gasteiger partial charge >= 0.3 is 0 Å². The molecule has 0 saturated carbocycles. The highest BCUT2D eigenvalue weighted by atomic mass is 32.2. The topological polar surface area (TPSA) is 82.1 Å². The fraction of sp³-hybridized carbons (Fsp3) is 0.379. The Balaban J connectivity index is 1.63. The Hall–Kier alpha value is -3.23. The molecule has 0 aromatic heterocycles. The molecule has 0 unspecified atom stereocenters. The molecule has 1 aliphatic heterocycles. The third-order valence-electron chi connectivity index (χ3n) is 6.38. The molecule has 2 aromatic carbocycles. The minimum atomic E-state index is -3.84. The van der Waals surface area contributed by atoms with E-state index in [-0.39, 0.29) is 10.8 Å². The summed E-state index contributed by atoms with van der Waals surface area (Å²) in [6.45, 7) is 13.8. The van der Waals surface area contributed by atoms with Gasteiger partial charge in [-0.25, -0.2) is 8.42 Å². The largest absolute Gasteiger partial charge is 0.336 e. The first-order valence-electron chi connectivity index (χ1n) is 12.7. The van der Waals surface area contributed by atoms with Crippen molar-refractivity contribution in [2.24, 2.45) is 4.99 Å². The number of hydrogen-bond acceptors (Lipinski definition) is 5. The number of aryl methyl sites for hydroxylation is 1. The van der Waals surface area contributed by atoms with Gasteiger partial charge in [0.1, 0.15) is 4.90 Å². The van der Waals surface area contributed by atoms with E-state index >= 15 is 0 Å². The van der Waals surface area contributed by atoms with Crippen LogP contribution in [0.2, 0.25) is 0 Å². The number of allylic oxidation sites excluding steroid dienone is 2. The molecule has 1 heterocycles. The summed E-state index contributed by atoms with van der Waals surface area (Å²) in [6.07, 6.45) is 6.98. The predicted molar refractivity (Wildman–Crippen MR) is 152 cm³/mol. The van der Waals surface area contributed by atoms with Crippen LogP contribution in [0.15, 0.2) is 75.7 Å². The van der Waals surface area contributed by atoms with Gasteiger partial charge in [-0.1, -0.05) is 36.8 Å². The highest BCUT2D eigenvalue weighted by Crippen LogP contribution is 2.29. The van der Waals surface area contributed by atoms with Gasteiger partial charge in [-0.15, -0.1) is 0 Å². The van der Waals surface area contributed by atoms with Gasteiger partial charge in [-0.2, -0.15) is 0 Å². The molecule has 1 fully saturated rings. The van der Waals surface area contributed by atoms with Gasteiger partial charge in [0.15, 0.2) is 0 Å². The van der Waals surface area contributed by atoms with Crippen LogP contribution in [0.5, 0.6) is 0 Å². The summed E-state index contributed by atoms with van der Waals surface area (Å²) >= 11 is 0. The van der Waals surface area contributed by atoms with Crippen LogP contribution in [0.3, 0.4) is 0 Å². The Morgan fingerprint density at radius 2 is 1.73 bits per heavy atom. The minimum Gasteiger partial charge on any atom is -0.336 e. The van der Waals surface area contributed by atoms with E-state index in [1.165, 1.54) is 17.2 Å². The second-order valence-corrected chi connectivity index (χ2v) is 11.0. The fourth-order valence-electron chi connectivity index (χ4n) is 4.20. The number of piperazine rings is 1. The van der Waals surface area contributed by atoms with Crippen molar-refractivity contribution in [1.29, 1.82) is 0 Å². The zero-order valence-electron chi connectivity index (χ0n) is 22.5. The lowest BCUT2D eigenvalue weighted by atomic mass is 10.1. The molecule has 37 heavy (non-hydrogen) atoms. The Bertz CT molecular complexity index is 1280. The number of carbonyl (C=O) groups excluding carboxylic acids is 1. The quantitative estimate of drug-likeness (QED) is 0.344. The van der Waals surface area contributed by atoms with Crippen molar-refractivity contribution in [3.8, 4) is 0 Å². The highest BCUT2D eigenvalue weighted by Gasteiger charge is 2.23. The van der Waals surface area contributed by atoms with E-state index in [1.54, 1.807) is 43.5 Å². The molecule has 1 saturated heterocycles. The van der Waals surface area contributed by atoms with Gasteiger partial charge in [0, 0.05) is 50.2 Å². The average molecular weight is 523 g/mol. The monoisotopic (exact) mass is 522 g/mol. The number of aliphatic imine (C=N–C) groups is 1. The highest BCUT2D eigenvalue weighted by molar-refractivity contribution is 7.92. The van der Waals surface area contributed by atoms with Crippen LogP contribution in [-0.4, -0.2) is 63.1 Å². The molecule has 198 valence electrons. The summed E-state index contributed by atoms with van der Waals surface area (Å²) in [4.78, 5) is 21.7. The van der Waals surface area contributed by atoms with Crippen LogP contribution < -0.4 is 4.72 Å². The van der Waals surface area contributed by atoms with Crippen LogP contribution in [0.1, 0.15) is 50.0 Å². The third-order valence-corrected chi connectivity index (χ3v) is 7.80. The average Bonchev–Trinajstić information content (AvgIpc) is 2.88. The Kier molecular flexibility index (Phi) is 9.83. The first kappa shape index (κ1) is 28.3. The van der Waals surface area contributed by atoms with E-state index in [0.29, 0.717) is 30.0 Å². The van der Waals surface area contributed by atoms with Gasteiger partial charge in [-0.3, -0.25) is 19.4 Å². The van der Waals surface area contributed by atoms with Crippen molar-refractivity contribution in [3.63, 3.8) is 0 Å². The van der Waals surface area contributed by atoms with E-state index in [4.69, 9.17) is 0 Å². The van der Waals surface area contributed by atoms with Crippen molar-refractivity contribution in [1.82, 2.24) is 9.80 Å². The Morgan fingerprint density at radius 1 is 1.05 bits per heavy atom. The lowest BCUT2D eigenvalue weighted by Crippen LogP contribution is -2.49. The zero-order chi connectivity index (χ0) is 27.0. The number of amides is 1. The summed E-state index contributed by atoms with van der Waals surface area (Å²) in [5.74, 6) is -0.0411. The molecule has 1 aliphatic rings. The van der Waals surface area contributed by atoms with E-state index in [0.717, 1.165) is 31.6 Å². The molecule has 7 nitrogen and oxygen atoms in total. The SMILES string of the molecule is C/C=N\c1c(C)cccc1S(=O)(=O)Nc1ccc(C(=O)N2CCN(CC(/C=C\CC)=C(C)C)CC2)cc1. The maximum absolute atomic E-state index is 13.1. The molecule has 1 N–H and O–H groups in total. The standard InChI is InChI=1S/C29H38N4O3S/c1-6-8-11-25(22(3)4)21-32-17-19-33(20-18-32)29(34)24-13-15-26(16-14-24)31-37(35,36)27-12-9-10-23(5)28(27)30-7-2/h7-16,31H,6,17-21H2,1-5H3/b11-8-,30-7-. The Labute approximate surface area is 221 Å². The van der Waals surface area contributed by atoms with Crippen molar-refractivity contribution in [3.05, 3.63) is 76.9 Å². The summed E-state index contributed by atoms with van der Waals surface area (Å²) in [6, 6.07) is 11.7. The number of benzene rings is 2. The zero-order valence-corrected chi connectivity index (χ0v) is 23.3. The molecule has 3 rings (SSSR count). The first-order valence-corrected chi connectivity index (χ1v) is 14.2. The van der Waals surface area contributed by atoms with Crippen molar-refractivity contribution < 1.29 is 13.2 Å². The van der Waals surface area contributed by atoms with E-state index in [9.17, 15) is 13.2 Å². The van der Waals surface area contributed by atoms with Gasteiger partial charge in [0.25, 0.3) is 15.9 Å². The molecule has 1 amide bonds. The van der Waals surface area contributed by atoms with Crippen LogP contribution in [-0.2, 0) is 10.0 Å². The summed E-state index contributed by atoms with van der Waals surface area (Å²) in [5.41, 5.74) is 4.77. The van der Waals surface area contributed by atoms with Crippen LogP contribution in [0.25, 0.3) is 0 Å². The smallest absolute Gasteiger partial charge is 0.264 e. The number of nitrogens with zero attached hydrogens (tertiary/aromatic N) is 3. The van der Waals surface area contributed by atoms with Crippen LogP contribution in [0.4, 0.5) is 11.4 Å². The Morgan fingerprint density at radius 3 is 2.32 bits per heavy atom. The molecular formula is C29H38N4O3S. The summed E-state index contributed by atoms with van der Waals surface area (Å²) in [7, 11) is -3.84. The van der Waals surface area contributed by atoms with Crippen molar-refractivity contribution in [2.45, 2.75) is 45.9 Å². The van der Waals surface area contributed by atoms with Crippen molar-refractivity contribution >= 4 is 33.5 Å². The fourth-order valence-corrected chi connectivity index (χ4v) is 5.49. The predicted octanol–water partition coefficient (Wildman–Crippen LogP) is 5.58.